The Labute approximate surface area is 107 Å². The van der Waals surface area contributed by atoms with Gasteiger partial charge >= 0.3 is 0 Å². The molecule has 1 aromatic rings. The molecule has 1 heterocycles. The van der Waals surface area contributed by atoms with Gasteiger partial charge in [-0.2, -0.15) is 5.26 Å². The molecule has 94 valence electrons. The lowest BCUT2D eigenvalue weighted by molar-refractivity contribution is 0.0910. The Morgan fingerprint density at radius 3 is 2.83 bits per heavy atom. The summed E-state index contributed by atoms with van der Waals surface area (Å²) in [4.78, 5) is 15.9. The Bertz CT molecular complexity index is 461. The minimum atomic E-state index is -0.0919. The third kappa shape index (κ3) is 2.86. The molecule has 0 aliphatic heterocycles. The van der Waals surface area contributed by atoms with Gasteiger partial charge in [0.25, 0.3) is 5.91 Å². The van der Waals surface area contributed by atoms with E-state index in [0.29, 0.717) is 17.2 Å². The molecule has 2 atom stereocenters. The Hall–Kier alpha value is -1.89. The number of aromatic nitrogens is 1. The summed E-state index contributed by atoms with van der Waals surface area (Å²) in [5, 5.41) is 11.7. The molecule has 0 aromatic carbocycles. The zero-order valence-corrected chi connectivity index (χ0v) is 10.5. The maximum absolute atomic E-state index is 12.0. The predicted octanol–water partition coefficient (Wildman–Crippen LogP) is 2.26. The molecular formula is C14H17N3O. The van der Waals surface area contributed by atoms with Gasteiger partial charge in [0.1, 0.15) is 11.8 Å². The maximum Gasteiger partial charge on any atom is 0.253 e. The third-order valence-corrected chi connectivity index (χ3v) is 3.57. The zero-order valence-electron chi connectivity index (χ0n) is 10.5. The van der Waals surface area contributed by atoms with Gasteiger partial charge in [-0.1, -0.05) is 19.8 Å². The standard InChI is InChI=1S/C14H17N3O/c1-10-4-2-3-5-13(10)17-14(18)11-6-7-12(8-15)16-9-11/h6-7,9-10,13H,2-5H2,1H3,(H,17,18). The predicted molar refractivity (Wildman–Crippen MR) is 67.8 cm³/mol. The minimum Gasteiger partial charge on any atom is -0.349 e. The number of hydrogen-bond acceptors (Lipinski definition) is 3. The van der Waals surface area contributed by atoms with Crippen molar-refractivity contribution < 1.29 is 4.79 Å². The van der Waals surface area contributed by atoms with E-state index in [0.717, 1.165) is 6.42 Å². The molecule has 1 fully saturated rings. The first-order valence-corrected chi connectivity index (χ1v) is 6.37. The first-order chi connectivity index (χ1) is 8.70. The van der Waals surface area contributed by atoms with Crippen LogP contribution in [-0.4, -0.2) is 16.9 Å². The van der Waals surface area contributed by atoms with Crippen LogP contribution in [0.5, 0.6) is 0 Å². The van der Waals surface area contributed by atoms with Gasteiger partial charge in [0.15, 0.2) is 0 Å². The van der Waals surface area contributed by atoms with Crippen molar-refractivity contribution in [3.63, 3.8) is 0 Å². The molecule has 2 unspecified atom stereocenters. The molecule has 1 N–H and O–H groups in total. The van der Waals surface area contributed by atoms with Gasteiger partial charge in [-0.15, -0.1) is 0 Å². The summed E-state index contributed by atoms with van der Waals surface area (Å²) in [6.07, 6.45) is 6.13. The summed E-state index contributed by atoms with van der Waals surface area (Å²) < 4.78 is 0. The van der Waals surface area contributed by atoms with Gasteiger partial charge in [0.2, 0.25) is 0 Å². The van der Waals surface area contributed by atoms with Crippen molar-refractivity contribution in [1.29, 1.82) is 5.26 Å². The van der Waals surface area contributed by atoms with Crippen molar-refractivity contribution in [1.82, 2.24) is 10.3 Å². The Balaban J connectivity index is 2.00. The molecule has 4 nitrogen and oxygen atoms in total. The van der Waals surface area contributed by atoms with Crippen LogP contribution in [0.3, 0.4) is 0 Å². The fraction of sp³-hybridized carbons (Fsp3) is 0.500. The van der Waals surface area contributed by atoms with E-state index in [4.69, 9.17) is 5.26 Å². The highest BCUT2D eigenvalue weighted by Gasteiger charge is 2.23. The van der Waals surface area contributed by atoms with Crippen molar-refractivity contribution in [2.75, 3.05) is 0 Å². The Kier molecular flexibility index (Phi) is 3.93. The van der Waals surface area contributed by atoms with Crippen LogP contribution in [0.15, 0.2) is 18.3 Å². The fourth-order valence-electron chi connectivity index (χ4n) is 2.38. The minimum absolute atomic E-state index is 0.0919. The summed E-state index contributed by atoms with van der Waals surface area (Å²) >= 11 is 0. The average Bonchev–Trinajstić information content (AvgIpc) is 2.41. The lowest BCUT2D eigenvalue weighted by Gasteiger charge is -2.29. The highest BCUT2D eigenvalue weighted by atomic mass is 16.1. The first kappa shape index (κ1) is 12.6. The number of nitrogens with one attached hydrogen (secondary N) is 1. The van der Waals surface area contributed by atoms with Gasteiger partial charge < -0.3 is 5.32 Å². The van der Waals surface area contributed by atoms with Gasteiger partial charge in [-0.3, -0.25) is 4.79 Å². The van der Waals surface area contributed by atoms with E-state index in [1.54, 1.807) is 12.1 Å². The average molecular weight is 243 g/mol. The largest absolute Gasteiger partial charge is 0.349 e. The number of amides is 1. The van der Waals surface area contributed by atoms with Gasteiger partial charge in [-0.25, -0.2) is 4.98 Å². The van der Waals surface area contributed by atoms with Crippen molar-refractivity contribution in [2.45, 2.75) is 38.6 Å². The molecule has 0 bridgehead atoms. The molecule has 0 radical (unpaired) electrons. The second-order valence-electron chi connectivity index (χ2n) is 4.89. The smallest absolute Gasteiger partial charge is 0.253 e. The monoisotopic (exact) mass is 243 g/mol. The number of nitrogens with zero attached hydrogens (tertiary/aromatic N) is 2. The van der Waals surface area contributed by atoms with Crippen LogP contribution in [0.1, 0.15) is 48.7 Å². The summed E-state index contributed by atoms with van der Waals surface area (Å²) in [5.41, 5.74) is 0.851. The van der Waals surface area contributed by atoms with Crippen molar-refractivity contribution >= 4 is 5.91 Å². The summed E-state index contributed by atoms with van der Waals surface area (Å²) in [7, 11) is 0. The number of carbonyl (C=O) groups is 1. The van der Waals surface area contributed by atoms with Crippen LogP contribution in [0.4, 0.5) is 0 Å². The van der Waals surface area contributed by atoms with Gasteiger partial charge in [0, 0.05) is 12.2 Å². The quantitative estimate of drug-likeness (QED) is 0.866. The van der Waals surface area contributed by atoms with E-state index in [-0.39, 0.29) is 11.9 Å². The highest BCUT2D eigenvalue weighted by molar-refractivity contribution is 5.94. The van der Waals surface area contributed by atoms with Crippen LogP contribution in [-0.2, 0) is 0 Å². The zero-order chi connectivity index (χ0) is 13.0. The molecule has 1 saturated carbocycles. The van der Waals surface area contributed by atoms with E-state index in [1.807, 2.05) is 6.07 Å². The molecule has 1 aliphatic rings. The summed E-state index contributed by atoms with van der Waals surface area (Å²) in [6, 6.07) is 5.42. The van der Waals surface area contributed by atoms with Crippen molar-refractivity contribution in [2.24, 2.45) is 5.92 Å². The molecule has 0 spiro atoms. The van der Waals surface area contributed by atoms with Crippen molar-refractivity contribution in [3.05, 3.63) is 29.6 Å². The second kappa shape index (κ2) is 5.63. The van der Waals surface area contributed by atoms with Crippen molar-refractivity contribution in [3.8, 4) is 6.07 Å². The van der Waals surface area contributed by atoms with Crippen LogP contribution in [0.2, 0.25) is 0 Å². The fourth-order valence-corrected chi connectivity index (χ4v) is 2.38. The van der Waals surface area contributed by atoms with E-state index < -0.39 is 0 Å². The van der Waals surface area contributed by atoms with Crippen LogP contribution < -0.4 is 5.32 Å². The first-order valence-electron chi connectivity index (χ1n) is 6.37. The number of nitriles is 1. The lowest BCUT2D eigenvalue weighted by Crippen LogP contribution is -2.41. The molecule has 4 heteroatoms. The topological polar surface area (TPSA) is 65.8 Å². The van der Waals surface area contributed by atoms with E-state index >= 15 is 0 Å². The molecule has 1 aliphatic carbocycles. The van der Waals surface area contributed by atoms with Gasteiger partial charge in [0.05, 0.1) is 5.56 Å². The molecule has 2 rings (SSSR count). The SMILES string of the molecule is CC1CCCCC1NC(=O)c1ccc(C#N)nc1. The molecule has 0 saturated heterocycles. The lowest BCUT2D eigenvalue weighted by atomic mass is 9.86. The molecule has 1 aromatic heterocycles. The summed E-state index contributed by atoms with van der Waals surface area (Å²) in [5.74, 6) is 0.444. The normalized spacial score (nSPS) is 23.1. The van der Waals surface area contributed by atoms with E-state index in [2.05, 4.69) is 17.2 Å². The number of hydrogen-bond donors (Lipinski definition) is 1. The Morgan fingerprint density at radius 2 is 2.22 bits per heavy atom. The van der Waals surface area contributed by atoms with Crippen LogP contribution in [0.25, 0.3) is 0 Å². The second-order valence-corrected chi connectivity index (χ2v) is 4.89. The van der Waals surface area contributed by atoms with Crippen LogP contribution >= 0.6 is 0 Å². The number of rotatable bonds is 2. The maximum atomic E-state index is 12.0. The molecular weight excluding hydrogens is 226 g/mol. The number of carbonyl (C=O) groups excluding carboxylic acids is 1. The number of pyridine rings is 1. The highest BCUT2D eigenvalue weighted by Crippen LogP contribution is 2.23. The third-order valence-electron chi connectivity index (χ3n) is 3.57. The van der Waals surface area contributed by atoms with Crippen LogP contribution in [0, 0.1) is 17.2 Å². The van der Waals surface area contributed by atoms with Gasteiger partial charge in [-0.05, 0) is 30.9 Å². The molecule has 1 amide bonds. The Morgan fingerprint density at radius 1 is 1.44 bits per heavy atom. The van der Waals surface area contributed by atoms with E-state index in [1.165, 1.54) is 25.5 Å². The van der Waals surface area contributed by atoms with E-state index in [9.17, 15) is 4.79 Å². The molecule has 18 heavy (non-hydrogen) atoms. The summed E-state index contributed by atoms with van der Waals surface area (Å²) in [6.45, 7) is 2.18.